The quantitative estimate of drug-likeness (QED) is 0.864. The SMILES string of the molecule is CCC1CC(c2cccc(Br)c2)(c2nncn2C)C1. The summed E-state index contributed by atoms with van der Waals surface area (Å²) in [5.41, 5.74) is 1.40. The van der Waals surface area contributed by atoms with E-state index in [1.165, 1.54) is 24.8 Å². The number of nitrogens with zero attached hydrogens (tertiary/aromatic N) is 3. The smallest absolute Gasteiger partial charge is 0.143 e. The molecule has 100 valence electrons. The van der Waals surface area contributed by atoms with E-state index in [1.807, 2.05) is 7.05 Å². The lowest BCUT2D eigenvalue weighted by Gasteiger charge is -2.47. The summed E-state index contributed by atoms with van der Waals surface area (Å²) in [4.78, 5) is 0. The molecule has 0 atom stereocenters. The van der Waals surface area contributed by atoms with Crippen LogP contribution in [-0.4, -0.2) is 14.8 Å². The second-order valence-electron chi connectivity index (χ2n) is 5.54. The molecule has 0 bridgehead atoms. The van der Waals surface area contributed by atoms with Gasteiger partial charge < -0.3 is 4.57 Å². The Balaban J connectivity index is 2.07. The molecule has 0 amide bonds. The van der Waals surface area contributed by atoms with Crippen LogP contribution in [0.2, 0.25) is 0 Å². The lowest BCUT2D eigenvalue weighted by Crippen LogP contribution is -2.44. The van der Waals surface area contributed by atoms with Crippen LogP contribution in [0, 0.1) is 5.92 Å². The maximum absolute atomic E-state index is 4.38. The maximum Gasteiger partial charge on any atom is 0.143 e. The van der Waals surface area contributed by atoms with Crippen molar-refractivity contribution in [1.29, 1.82) is 0 Å². The molecule has 0 spiro atoms. The topological polar surface area (TPSA) is 30.7 Å². The molecule has 3 rings (SSSR count). The average molecular weight is 320 g/mol. The number of aryl methyl sites for hydroxylation is 1. The van der Waals surface area contributed by atoms with E-state index in [1.54, 1.807) is 6.33 Å². The Kier molecular flexibility index (Phi) is 3.21. The highest BCUT2D eigenvalue weighted by Crippen LogP contribution is 2.52. The van der Waals surface area contributed by atoms with E-state index < -0.39 is 0 Å². The molecule has 0 radical (unpaired) electrons. The van der Waals surface area contributed by atoms with Crippen molar-refractivity contribution in [2.45, 2.75) is 31.6 Å². The normalized spacial score (nSPS) is 26.2. The van der Waals surface area contributed by atoms with Crippen LogP contribution in [0.4, 0.5) is 0 Å². The van der Waals surface area contributed by atoms with E-state index in [-0.39, 0.29) is 5.41 Å². The maximum atomic E-state index is 4.38. The Morgan fingerprint density at radius 3 is 2.79 bits per heavy atom. The molecule has 1 fully saturated rings. The van der Waals surface area contributed by atoms with E-state index in [0.717, 1.165) is 16.2 Å². The number of rotatable bonds is 3. The highest BCUT2D eigenvalue weighted by Gasteiger charge is 2.48. The third-order valence-electron chi connectivity index (χ3n) is 4.37. The molecule has 0 saturated heterocycles. The van der Waals surface area contributed by atoms with Gasteiger partial charge in [0.25, 0.3) is 0 Å². The van der Waals surface area contributed by atoms with Crippen molar-refractivity contribution in [1.82, 2.24) is 14.8 Å². The van der Waals surface area contributed by atoms with Crippen molar-refractivity contribution in [2.24, 2.45) is 13.0 Å². The molecule has 0 unspecified atom stereocenters. The Labute approximate surface area is 122 Å². The van der Waals surface area contributed by atoms with Crippen molar-refractivity contribution >= 4 is 15.9 Å². The zero-order chi connectivity index (χ0) is 13.5. The molecule has 1 heterocycles. The summed E-state index contributed by atoms with van der Waals surface area (Å²) in [5.74, 6) is 1.89. The van der Waals surface area contributed by atoms with Crippen LogP contribution in [0.25, 0.3) is 0 Å². The van der Waals surface area contributed by atoms with Crippen LogP contribution < -0.4 is 0 Å². The minimum Gasteiger partial charge on any atom is -0.320 e. The fourth-order valence-electron chi connectivity index (χ4n) is 3.26. The van der Waals surface area contributed by atoms with Gasteiger partial charge in [0.1, 0.15) is 12.2 Å². The van der Waals surface area contributed by atoms with Crippen molar-refractivity contribution in [3.05, 3.63) is 46.5 Å². The molecule has 1 saturated carbocycles. The second kappa shape index (κ2) is 4.75. The largest absolute Gasteiger partial charge is 0.320 e. The molecule has 1 aliphatic rings. The van der Waals surface area contributed by atoms with Gasteiger partial charge in [0.15, 0.2) is 0 Å². The van der Waals surface area contributed by atoms with E-state index >= 15 is 0 Å². The van der Waals surface area contributed by atoms with Crippen LogP contribution in [0.5, 0.6) is 0 Å². The van der Waals surface area contributed by atoms with E-state index in [9.17, 15) is 0 Å². The van der Waals surface area contributed by atoms with Crippen molar-refractivity contribution in [3.8, 4) is 0 Å². The van der Waals surface area contributed by atoms with Crippen LogP contribution in [0.1, 0.15) is 37.6 Å². The standard InChI is InChI=1S/C15H18BrN3/c1-3-11-8-15(9-11,14-18-17-10-19(14)2)12-5-4-6-13(16)7-12/h4-7,10-11H,3,8-9H2,1-2H3. The van der Waals surface area contributed by atoms with Gasteiger partial charge in [-0.1, -0.05) is 41.4 Å². The summed E-state index contributed by atoms with van der Waals surface area (Å²) in [6.07, 6.45) is 5.39. The number of hydrogen-bond donors (Lipinski definition) is 0. The van der Waals surface area contributed by atoms with Crippen molar-refractivity contribution in [3.63, 3.8) is 0 Å². The van der Waals surface area contributed by atoms with Crippen molar-refractivity contribution < 1.29 is 0 Å². The Hall–Kier alpha value is -1.16. The van der Waals surface area contributed by atoms with Gasteiger partial charge >= 0.3 is 0 Å². The first-order chi connectivity index (χ1) is 9.15. The average Bonchev–Trinajstić information content (AvgIpc) is 2.76. The summed E-state index contributed by atoms with van der Waals surface area (Å²) in [7, 11) is 2.04. The molecule has 0 aliphatic heterocycles. The molecule has 1 aliphatic carbocycles. The van der Waals surface area contributed by atoms with Crippen LogP contribution in [-0.2, 0) is 12.5 Å². The Morgan fingerprint density at radius 2 is 2.21 bits per heavy atom. The number of benzene rings is 1. The van der Waals surface area contributed by atoms with Gasteiger partial charge in [-0.2, -0.15) is 0 Å². The van der Waals surface area contributed by atoms with Gasteiger partial charge in [0, 0.05) is 11.5 Å². The summed E-state index contributed by atoms with van der Waals surface area (Å²) >= 11 is 3.58. The predicted molar refractivity (Wildman–Crippen MR) is 78.9 cm³/mol. The van der Waals surface area contributed by atoms with Crippen LogP contribution in [0.3, 0.4) is 0 Å². The highest BCUT2D eigenvalue weighted by molar-refractivity contribution is 9.10. The summed E-state index contributed by atoms with van der Waals surface area (Å²) in [5, 5.41) is 8.45. The van der Waals surface area contributed by atoms with Crippen LogP contribution >= 0.6 is 15.9 Å². The van der Waals surface area contributed by atoms with Gasteiger partial charge in [-0.3, -0.25) is 0 Å². The van der Waals surface area contributed by atoms with Gasteiger partial charge in [0.05, 0.1) is 5.41 Å². The monoisotopic (exact) mass is 319 g/mol. The van der Waals surface area contributed by atoms with Gasteiger partial charge in [-0.15, -0.1) is 10.2 Å². The molecule has 1 aromatic carbocycles. The zero-order valence-electron chi connectivity index (χ0n) is 11.3. The molecule has 0 N–H and O–H groups in total. The molecular formula is C15H18BrN3. The number of aromatic nitrogens is 3. The van der Waals surface area contributed by atoms with E-state index in [4.69, 9.17) is 0 Å². The first kappa shape index (κ1) is 12.9. The van der Waals surface area contributed by atoms with Gasteiger partial charge in [-0.05, 0) is 36.5 Å². The summed E-state index contributed by atoms with van der Waals surface area (Å²) < 4.78 is 3.19. The molecule has 3 nitrogen and oxygen atoms in total. The van der Waals surface area contributed by atoms with E-state index in [2.05, 4.69) is 61.9 Å². The lowest BCUT2D eigenvalue weighted by atomic mass is 9.57. The summed E-state index contributed by atoms with van der Waals surface area (Å²) in [6.45, 7) is 2.27. The Morgan fingerprint density at radius 1 is 1.42 bits per heavy atom. The fourth-order valence-corrected chi connectivity index (χ4v) is 3.66. The predicted octanol–water partition coefficient (Wildman–Crippen LogP) is 3.68. The molecule has 1 aromatic heterocycles. The van der Waals surface area contributed by atoms with Gasteiger partial charge in [0.2, 0.25) is 0 Å². The lowest BCUT2D eigenvalue weighted by molar-refractivity contribution is 0.163. The third kappa shape index (κ3) is 2.02. The molecule has 2 aromatic rings. The first-order valence-corrected chi connectivity index (χ1v) is 7.55. The molecule has 19 heavy (non-hydrogen) atoms. The minimum absolute atomic E-state index is 0.0513. The molecule has 4 heteroatoms. The van der Waals surface area contributed by atoms with Crippen molar-refractivity contribution in [2.75, 3.05) is 0 Å². The van der Waals surface area contributed by atoms with Gasteiger partial charge in [-0.25, -0.2) is 0 Å². The number of hydrogen-bond acceptors (Lipinski definition) is 2. The Bertz CT molecular complexity index is 585. The highest BCUT2D eigenvalue weighted by atomic mass is 79.9. The summed E-state index contributed by atoms with van der Waals surface area (Å²) in [6, 6.07) is 8.62. The fraction of sp³-hybridized carbons (Fsp3) is 0.467. The minimum atomic E-state index is 0.0513. The molecular weight excluding hydrogens is 302 g/mol. The third-order valence-corrected chi connectivity index (χ3v) is 4.86. The second-order valence-corrected chi connectivity index (χ2v) is 6.46. The van der Waals surface area contributed by atoms with Crippen LogP contribution in [0.15, 0.2) is 35.1 Å². The zero-order valence-corrected chi connectivity index (χ0v) is 12.9. The van der Waals surface area contributed by atoms with E-state index in [0.29, 0.717) is 0 Å². The number of halogens is 1. The first-order valence-electron chi connectivity index (χ1n) is 6.76.